The number of benzene rings is 3. The molecule has 0 fully saturated rings. The summed E-state index contributed by atoms with van der Waals surface area (Å²) in [7, 11) is -3.72. The predicted octanol–water partition coefficient (Wildman–Crippen LogP) is 4.13. The molecule has 0 bridgehead atoms. The van der Waals surface area contributed by atoms with Crippen molar-refractivity contribution >= 4 is 27.3 Å². The standard InChI is InChI=1S/C24H24N2O4S/c1-17(27)20-7-4-9-21(16-20)25-24(28)19-11-13-22(14-12-19)31(29,30)26-15-5-8-18-6-2-3-10-23(18)26/h2-4,6-7,9-14,16-17,27H,5,8,15H2,1H3,(H,25,28). The van der Waals surface area contributed by atoms with E-state index >= 15 is 0 Å². The first kappa shape index (κ1) is 21.1. The zero-order chi connectivity index (χ0) is 22.0. The Morgan fingerprint density at radius 3 is 2.52 bits per heavy atom. The van der Waals surface area contributed by atoms with E-state index in [2.05, 4.69) is 5.32 Å². The lowest BCUT2D eigenvalue weighted by atomic mass is 10.0. The molecule has 7 heteroatoms. The molecule has 3 aromatic carbocycles. The number of para-hydroxylation sites is 1. The summed E-state index contributed by atoms with van der Waals surface area (Å²) in [4.78, 5) is 12.7. The second-order valence-electron chi connectivity index (χ2n) is 7.59. The highest BCUT2D eigenvalue weighted by molar-refractivity contribution is 7.92. The van der Waals surface area contributed by atoms with Crippen LogP contribution >= 0.6 is 0 Å². The van der Waals surface area contributed by atoms with E-state index in [1.165, 1.54) is 28.6 Å². The highest BCUT2D eigenvalue weighted by Gasteiger charge is 2.28. The fraction of sp³-hybridized carbons (Fsp3) is 0.208. The third-order valence-electron chi connectivity index (χ3n) is 5.40. The van der Waals surface area contributed by atoms with Crippen molar-refractivity contribution in [1.82, 2.24) is 0 Å². The maximum atomic E-state index is 13.2. The van der Waals surface area contributed by atoms with Crippen LogP contribution in [0.5, 0.6) is 0 Å². The van der Waals surface area contributed by atoms with Gasteiger partial charge in [0.15, 0.2) is 0 Å². The van der Waals surface area contributed by atoms with Crippen LogP contribution < -0.4 is 9.62 Å². The first-order chi connectivity index (χ1) is 14.9. The Labute approximate surface area is 182 Å². The lowest BCUT2D eigenvalue weighted by Gasteiger charge is -2.30. The molecule has 4 rings (SSSR count). The molecular weight excluding hydrogens is 412 g/mol. The van der Waals surface area contributed by atoms with Gasteiger partial charge in [0.05, 0.1) is 16.7 Å². The zero-order valence-corrected chi connectivity index (χ0v) is 18.0. The average Bonchev–Trinajstić information content (AvgIpc) is 2.79. The Morgan fingerprint density at radius 2 is 1.77 bits per heavy atom. The number of hydrogen-bond donors (Lipinski definition) is 2. The molecule has 0 aromatic heterocycles. The molecule has 160 valence electrons. The second-order valence-corrected chi connectivity index (χ2v) is 9.45. The normalized spacial score (nSPS) is 14.6. The largest absolute Gasteiger partial charge is 0.389 e. The quantitative estimate of drug-likeness (QED) is 0.630. The fourth-order valence-electron chi connectivity index (χ4n) is 3.73. The second kappa shape index (κ2) is 8.53. The maximum absolute atomic E-state index is 13.2. The van der Waals surface area contributed by atoms with E-state index in [1.807, 2.05) is 24.3 Å². The summed E-state index contributed by atoms with van der Waals surface area (Å²) in [5.41, 5.74) is 3.34. The summed E-state index contributed by atoms with van der Waals surface area (Å²) in [5, 5.41) is 12.5. The number of sulfonamides is 1. The van der Waals surface area contributed by atoms with Crippen LogP contribution in [0.15, 0.2) is 77.7 Å². The van der Waals surface area contributed by atoms with Gasteiger partial charge < -0.3 is 10.4 Å². The molecule has 1 heterocycles. The van der Waals surface area contributed by atoms with Crippen molar-refractivity contribution in [2.75, 3.05) is 16.2 Å². The van der Waals surface area contributed by atoms with Crippen LogP contribution in [0, 0.1) is 0 Å². The SMILES string of the molecule is CC(O)c1cccc(NC(=O)c2ccc(S(=O)(=O)N3CCCc4ccccc43)cc2)c1. The highest BCUT2D eigenvalue weighted by Crippen LogP contribution is 2.31. The minimum atomic E-state index is -3.72. The zero-order valence-electron chi connectivity index (χ0n) is 17.2. The molecule has 31 heavy (non-hydrogen) atoms. The van der Waals surface area contributed by atoms with E-state index < -0.39 is 16.1 Å². The smallest absolute Gasteiger partial charge is 0.264 e. The van der Waals surface area contributed by atoms with Gasteiger partial charge in [-0.15, -0.1) is 0 Å². The molecule has 1 amide bonds. The van der Waals surface area contributed by atoms with E-state index in [-0.39, 0.29) is 10.8 Å². The summed E-state index contributed by atoms with van der Waals surface area (Å²) in [6, 6.07) is 20.5. The van der Waals surface area contributed by atoms with Gasteiger partial charge in [0, 0.05) is 17.8 Å². The molecule has 1 atom stereocenters. The van der Waals surface area contributed by atoms with Crippen LogP contribution in [-0.2, 0) is 16.4 Å². The molecular formula is C24H24N2O4S. The Kier molecular flexibility index (Phi) is 5.80. The average molecular weight is 437 g/mol. The molecule has 6 nitrogen and oxygen atoms in total. The summed E-state index contributed by atoms with van der Waals surface area (Å²) in [5.74, 6) is -0.352. The topological polar surface area (TPSA) is 86.7 Å². The van der Waals surface area contributed by atoms with Gasteiger partial charge in [-0.05, 0) is 73.4 Å². The first-order valence-electron chi connectivity index (χ1n) is 10.2. The van der Waals surface area contributed by atoms with Crippen LogP contribution in [0.1, 0.15) is 40.9 Å². The molecule has 0 saturated heterocycles. The minimum Gasteiger partial charge on any atom is -0.389 e. The lowest BCUT2D eigenvalue weighted by Crippen LogP contribution is -2.35. The van der Waals surface area contributed by atoms with Gasteiger partial charge >= 0.3 is 0 Å². The van der Waals surface area contributed by atoms with Crippen LogP contribution in [0.2, 0.25) is 0 Å². The molecule has 0 radical (unpaired) electrons. The van der Waals surface area contributed by atoms with Crippen molar-refractivity contribution in [2.24, 2.45) is 0 Å². The number of aryl methyl sites for hydroxylation is 1. The van der Waals surface area contributed by atoms with E-state index in [0.717, 1.165) is 18.4 Å². The number of nitrogens with one attached hydrogen (secondary N) is 1. The molecule has 1 aliphatic heterocycles. The number of carbonyl (C=O) groups is 1. The van der Waals surface area contributed by atoms with Gasteiger partial charge in [-0.25, -0.2) is 8.42 Å². The van der Waals surface area contributed by atoms with Crippen LogP contribution in [0.4, 0.5) is 11.4 Å². The lowest BCUT2D eigenvalue weighted by molar-refractivity contribution is 0.102. The maximum Gasteiger partial charge on any atom is 0.264 e. The molecule has 1 aliphatic rings. The molecule has 1 unspecified atom stereocenters. The van der Waals surface area contributed by atoms with Gasteiger partial charge in [0.1, 0.15) is 0 Å². The monoisotopic (exact) mass is 436 g/mol. The van der Waals surface area contributed by atoms with E-state index in [1.54, 1.807) is 31.2 Å². The molecule has 3 aromatic rings. The van der Waals surface area contributed by atoms with Crippen LogP contribution in [0.3, 0.4) is 0 Å². The third-order valence-corrected chi connectivity index (χ3v) is 7.23. The van der Waals surface area contributed by atoms with Gasteiger partial charge in [-0.3, -0.25) is 9.10 Å². The molecule has 0 spiro atoms. The van der Waals surface area contributed by atoms with E-state index in [4.69, 9.17) is 0 Å². The van der Waals surface area contributed by atoms with E-state index in [9.17, 15) is 18.3 Å². The number of rotatable bonds is 5. The Balaban J connectivity index is 1.54. The van der Waals surface area contributed by atoms with Crippen LogP contribution in [0.25, 0.3) is 0 Å². The summed E-state index contributed by atoms with van der Waals surface area (Å²) < 4.78 is 27.9. The predicted molar refractivity (Wildman–Crippen MR) is 121 cm³/mol. The number of fused-ring (bicyclic) bond motifs is 1. The number of carbonyl (C=O) groups excluding carboxylic acids is 1. The van der Waals surface area contributed by atoms with Crippen LogP contribution in [-0.4, -0.2) is 26.0 Å². The number of amides is 1. The van der Waals surface area contributed by atoms with Gasteiger partial charge in [-0.1, -0.05) is 30.3 Å². The van der Waals surface area contributed by atoms with Gasteiger partial charge in [0.2, 0.25) is 0 Å². The fourth-order valence-corrected chi connectivity index (χ4v) is 5.27. The number of aliphatic hydroxyl groups is 1. The number of hydrogen-bond acceptors (Lipinski definition) is 4. The van der Waals surface area contributed by atoms with Crippen molar-refractivity contribution in [3.8, 4) is 0 Å². The summed E-state index contributed by atoms with van der Waals surface area (Å²) in [6.45, 7) is 2.09. The molecule has 2 N–H and O–H groups in total. The van der Waals surface area contributed by atoms with Gasteiger partial charge in [-0.2, -0.15) is 0 Å². The molecule has 0 saturated carbocycles. The summed E-state index contributed by atoms with van der Waals surface area (Å²) in [6.07, 6.45) is 0.987. The number of nitrogens with zero attached hydrogens (tertiary/aromatic N) is 1. The highest BCUT2D eigenvalue weighted by atomic mass is 32.2. The minimum absolute atomic E-state index is 0.150. The van der Waals surface area contributed by atoms with Crippen molar-refractivity contribution < 1.29 is 18.3 Å². The first-order valence-corrected chi connectivity index (χ1v) is 11.6. The van der Waals surface area contributed by atoms with Crippen molar-refractivity contribution in [1.29, 1.82) is 0 Å². The molecule has 0 aliphatic carbocycles. The van der Waals surface area contributed by atoms with Crippen molar-refractivity contribution in [3.63, 3.8) is 0 Å². The Bertz CT molecular complexity index is 1200. The summed E-state index contributed by atoms with van der Waals surface area (Å²) >= 11 is 0. The Hall–Kier alpha value is -3.16. The van der Waals surface area contributed by atoms with E-state index in [0.29, 0.717) is 29.0 Å². The number of aliphatic hydroxyl groups excluding tert-OH is 1. The van der Waals surface area contributed by atoms with Crippen molar-refractivity contribution in [3.05, 3.63) is 89.5 Å². The van der Waals surface area contributed by atoms with Crippen molar-refractivity contribution in [2.45, 2.75) is 30.8 Å². The van der Waals surface area contributed by atoms with Gasteiger partial charge in [0.25, 0.3) is 15.9 Å². The third kappa shape index (κ3) is 4.33. The Morgan fingerprint density at radius 1 is 1.03 bits per heavy atom. The number of anilines is 2.